The molecule has 3 amide bonds. The summed E-state index contributed by atoms with van der Waals surface area (Å²) in [5.74, 6) is -2.68. The van der Waals surface area contributed by atoms with E-state index in [2.05, 4.69) is 20.9 Å². The molecular formula is C25H38N6O6S. The fraction of sp³-hybridized carbons (Fsp3) is 0.520. The zero-order valence-corrected chi connectivity index (χ0v) is 22.3. The predicted octanol–water partition coefficient (Wildman–Crippen LogP) is -0.549. The lowest BCUT2D eigenvalue weighted by Gasteiger charge is -2.25. The van der Waals surface area contributed by atoms with E-state index in [1.165, 1.54) is 11.8 Å². The number of aromatic amines is 1. The quantitative estimate of drug-likeness (QED) is 0.119. The van der Waals surface area contributed by atoms with Crippen LogP contribution in [0.2, 0.25) is 0 Å². The van der Waals surface area contributed by atoms with Crippen molar-refractivity contribution >= 4 is 46.4 Å². The molecule has 0 radical (unpaired) electrons. The molecule has 38 heavy (non-hydrogen) atoms. The first kappa shape index (κ1) is 31.1. The molecule has 0 aliphatic carbocycles. The molecule has 0 bridgehead atoms. The average Bonchev–Trinajstić information content (AvgIpc) is 3.31. The third kappa shape index (κ3) is 9.31. The second-order valence-corrected chi connectivity index (χ2v) is 9.93. The van der Waals surface area contributed by atoms with Crippen molar-refractivity contribution < 1.29 is 29.4 Å². The number of fused-ring (bicyclic) bond motifs is 1. The van der Waals surface area contributed by atoms with Crippen molar-refractivity contribution in [3.8, 4) is 0 Å². The summed E-state index contributed by atoms with van der Waals surface area (Å²) < 4.78 is 0. The first-order valence-electron chi connectivity index (χ1n) is 12.5. The van der Waals surface area contributed by atoms with E-state index in [-0.39, 0.29) is 12.8 Å². The predicted molar refractivity (Wildman–Crippen MR) is 146 cm³/mol. The van der Waals surface area contributed by atoms with E-state index in [0.29, 0.717) is 31.6 Å². The van der Waals surface area contributed by atoms with Crippen LogP contribution in [0.5, 0.6) is 0 Å². The topological polar surface area (TPSA) is 213 Å². The van der Waals surface area contributed by atoms with Crippen LogP contribution in [0.1, 0.15) is 31.2 Å². The molecule has 4 unspecified atom stereocenters. The molecule has 1 heterocycles. The van der Waals surface area contributed by atoms with Crippen LogP contribution >= 0.6 is 11.8 Å². The van der Waals surface area contributed by atoms with Crippen LogP contribution < -0.4 is 27.4 Å². The zero-order valence-electron chi connectivity index (χ0n) is 21.4. The molecule has 0 aliphatic rings. The number of H-pyrrole nitrogens is 1. The molecule has 2 aromatic rings. The van der Waals surface area contributed by atoms with Crippen LogP contribution in [-0.4, -0.2) is 88.2 Å². The fourth-order valence-corrected chi connectivity index (χ4v) is 4.38. The van der Waals surface area contributed by atoms with Gasteiger partial charge in [0.15, 0.2) is 0 Å². The van der Waals surface area contributed by atoms with E-state index in [9.17, 15) is 24.3 Å². The molecule has 12 nitrogen and oxygen atoms in total. The Kier molecular flexibility index (Phi) is 13.1. The van der Waals surface area contributed by atoms with Crippen LogP contribution in [0.15, 0.2) is 30.5 Å². The Morgan fingerprint density at radius 1 is 0.974 bits per heavy atom. The number of carboxylic acid groups (broad SMARTS) is 1. The Hall–Kier alpha value is -3.13. The number of aliphatic hydroxyl groups excluding tert-OH is 1. The van der Waals surface area contributed by atoms with Crippen molar-refractivity contribution in [3.63, 3.8) is 0 Å². The van der Waals surface area contributed by atoms with Gasteiger partial charge in [-0.2, -0.15) is 11.8 Å². The first-order valence-corrected chi connectivity index (χ1v) is 13.9. The van der Waals surface area contributed by atoms with Crippen LogP contribution in [0.4, 0.5) is 0 Å². The number of rotatable bonds is 17. The molecule has 0 spiro atoms. The number of aromatic nitrogens is 1. The number of carbonyl (C=O) groups is 4. The van der Waals surface area contributed by atoms with E-state index in [1.807, 2.05) is 30.5 Å². The lowest BCUT2D eigenvalue weighted by atomic mass is 10.0. The maximum Gasteiger partial charge on any atom is 0.328 e. The molecule has 210 valence electrons. The van der Waals surface area contributed by atoms with Gasteiger partial charge in [-0.15, -0.1) is 0 Å². The van der Waals surface area contributed by atoms with Gasteiger partial charge < -0.3 is 42.6 Å². The molecule has 1 aromatic carbocycles. The van der Waals surface area contributed by atoms with E-state index >= 15 is 0 Å². The molecule has 0 saturated heterocycles. The molecule has 13 heteroatoms. The van der Waals surface area contributed by atoms with Crippen molar-refractivity contribution in [1.82, 2.24) is 20.9 Å². The number of carboxylic acids is 1. The van der Waals surface area contributed by atoms with E-state index in [1.54, 1.807) is 6.20 Å². The van der Waals surface area contributed by atoms with Crippen molar-refractivity contribution in [2.24, 2.45) is 11.5 Å². The Balaban J connectivity index is 2.10. The number of carbonyl (C=O) groups excluding carboxylic acids is 3. The molecule has 2 rings (SSSR count). The minimum absolute atomic E-state index is 0.204. The van der Waals surface area contributed by atoms with Crippen LogP contribution in [-0.2, 0) is 25.6 Å². The maximum atomic E-state index is 13.2. The molecular weight excluding hydrogens is 512 g/mol. The summed E-state index contributed by atoms with van der Waals surface area (Å²) >= 11 is 1.49. The Morgan fingerprint density at radius 3 is 2.24 bits per heavy atom. The Bertz CT molecular complexity index is 1080. The van der Waals surface area contributed by atoms with Crippen molar-refractivity contribution in [2.75, 3.05) is 25.2 Å². The monoisotopic (exact) mass is 550 g/mol. The molecule has 0 aliphatic heterocycles. The van der Waals surface area contributed by atoms with Gasteiger partial charge in [0.2, 0.25) is 17.7 Å². The van der Waals surface area contributed by atoms with Crippen molar-refractivity contribution in [1.29, 1.82) is 0 Å². The molecule has 10 N–H and O–H groups in total. The number of unbranched alkanes of at least 4 members (excludes halogenated alkanes) is 1. The summed E-state index contributed by atoms with van der Waals surface area (Å²) in [4.78, 5) is 53.3. The summed E-state index contributed by atoms with van der Waals surface area (Å²) in [5, 5.41) is 26.9. The summed E-state index contributed by atoms with van der Waals surface area (Å²) in [6.07, 6.45) is 5.52. The van der Waals surface area contributed by atoms with Gasteiger partial charge in [-0.05, 0) is 62.3 Å². The number of benzene rings is 1. The third-order valence-corrected chi connectivity index (χ3v) is 6.72. The highest BCUT2D eigenvalue weighted by Gasteiger charge is 2.30. The second-order valence-electron chi connectivity index (χ2n) is 8.94. The highest BCUT2D eigenvalue weighted by molar-refractivity contribution is 7.98. The molecule has 4 atom stereocenters. The number of aliphatic hydroxyl groups is 1. The van der Waals surface area contributed by atoms with Gasteiger partial charge in [0, 0.05) is 17.1 Å². The Labute approximate surface area is 225 Å². The summed E-state index contributed by atoms with van der Waals surface area (Å²) in [6.45, 7) is -0.414. The molecule has 0 fully saturated rings. The SMILES string of the molecule is CSCCC(NC(=O)C(N)Cc1c[nH]c2ccccc12)C(=O)NC(CCCCN)C(=O)NC(CO)C(=O)O. The third-order valence-electron chi connectivity index (χ3n) is 6.07. The number of nitrogens with two attached hydrogens (primary N) is 2. The highest BCUT2D eigenvalue weighted by atomic mass is 32.2. The average molecular weight is 551 g/mol. The first-order chi connectivity index (χ1) is 18.2. The van der Waals surface area contributed by atoms with Gasteiger partial charge in [0.1, 0.15) is 18.1 Å². The smallest absolute Gasteiger partial charge is 0.328 e. The lowest BCUT2D eigenvalue weighted by molar-refractivity contribution is -0.143. The van der Waals surface area contributed by atoms with Gasteiger partial charge in [0.05, 0.1) is 12.6 Å². The molecule has 1 aromatic heterocycles. The van der Waals surface area contributed by atoms with E-state index in [0.717, 1.165) is 16.5 Å². The van der Waals surface area contributed by atoms with Gasteiger partial charge in [-0.1, -0.05) is 18.2 Å². The van der Waals surface area contributed by atoms with Gasteiger partial charge in [-0.3, -0.25) is 14.4 Å². The summed E-state index contributed by atoms with van der Waals surface area (Å²) in [7, 11) is 0. The standard InChI is InChI=1S/C25H38N6O6S/c1-38-11-9-20(29-22(33)17(27)12-15-13-28-18-7-3-2-6-16(15)18)24(35)30-19(8-4-5-10-26)23(34)31-21(14-32)25(36)37/h2-3,6-7,13,17,19-21,28,32H,4-5,8-12,14,26-27H2,1H3,(H,29,33)(H,30,35)(H,31,34)(H,36,37). The van der Waals surface area contributed by atoms with Crippen LogP contribution in [0, 0.1) is 0 Å². The largest absolute Gasteiger partial charge is 0.480 e. The number of nitrogens with one attached hydrogen (secondary N) is 4. The van der Waals surface area contributed by atoms with Crippen LogP contribution in [0.25, 0.3) is 10.9 Å². The summed E-state index contributed by atoms with van der Waals surface area (Å²) in [6, 6.07) is 3.20. The lowest BCUT2D eigenvalue weighted by Crippen LogP contribution is -2.57. The van der Waals surface area contributed by atoms with Crippen molar-refractivity contribution in [2.45, 2.75) is 56.3 Å². The highest BCUT2D eigenvalue weighted by Crippen LogP contribution is 2.19. The number of thioether (sulfide) groups is 1. The second kappa shape index (κ2) is 16.0. The maximum absolute atomic E-state index is 13.2. The van der Waals surface area contributed by atoms with Gasteiger partial charge in [-0.25, -0.2) is 4.79 Å². The number of para-hydroxylation sites is 1. The van der Waals surface area contributed by atoms with E-state index < -0.39 is 54.5 Å². The van der Waals surface area contributed by atoms with Crippen LogP contribution in [0.3, 0.4) is 0 Å². The Morgan fingerprint density at radius 2 is 1.61 bits per heavy atom. The number of hydrogen-bond acceptors (Lipinski definition) is 8. The van der Waals surface area contributed by atoms with Gasteiger partial charge in [0.25, 0.3) is 0 Å². The summed E-state index contributed by atoms with van der Waals surface area (Å²) in [5.41, 5.74) is 13.5. The van der Waals surface area contributed by atoms with E-state index in [4.69, 9.17) is 16.6 Å². The number of hydrogen-bond donors (Lipinski definition) is 8. The molecule has 0 saturated carbocycles. The van der Waals surface area contributed by atoms with Crippen molar-refractivity contribution in [3.05, 3.63) is 36.0 Å². The number of amides is 3. The minimum Gasteiger partial charge on any atom is -0.480 e. The minimum atomic E-state index is -1.51. The number of aliphatic carboxylic acids is 1. The normalized spacial score (nSPS) is 14.3. The van der Waals surface area contributed by atoms with Gasteiger partial charge >= 0.3 is 5.97 Å². The zero-order chi connectivity index (χ0) is 28.1. The fourth-order valence-electron chi connectivity index (χ4n) is 3.91.